The van der Waals surface area contributed by atoms with Gasteiger partial charge in [0.05, 0.1) is 12.2 Å². The van der Waals surface area contributed by atoms with E-state index in [9.17, 15) is 9.59 Å². The number of nitrogens with one attached hydrogen (secondary N) is 3. The zero-order valence-electron chi connectivity index (χ0n) is 23.7. The monoisotopic (exact) mass is 559 g/mol. The van der Waals surface area contributed by atoms with Gasteiger partial charge in [0.25, 0.3) is 5.91 Å². The number of piperazine rings is 1. The summed E-state index contributed by atoms with van der Waals surface area (Å²) >= 11 is 0. The molecule has 3 aromatic carbocycles. The number of imidazole rings is 1. The molecule has 5 aromatic rings. The van der Waals surface area contributed by atoms with Crippen LogP contribution in [0, 0.1) is 0 Å². The summed E-state index contributed by atoms with van der Waals surface area (Å²) in [7, 11) is 0. The normalized spacial score (nSPS) is 13.7. The number of benzene rings is 3. The van der Waals surface area contributed by atoms with Gasteiger partial charge in [0.2, 0.25) is 5.91 Å². The Bertz CT molecular complexity index is 1730. The third-order valence-electron chi connectivity index (χ3n) is 7.37. The largest absolute Gasteiger partial charge is 0.354 e. The van der Waals surface area contributed by atoms with E-state index in [-0.39, 0.29) is 11.8 Å². The maximum atomic E-state index is 12.9. The van der Waals surface area contributed by atoms with Gasteiger partial charge in [-0.05, 0) is 53.4 Å². The molecule has 42 heavy (non-hydrogen) atoms. The molecule has 9 heteroatoms. The van der Waals surface area contributed by atoms with Crippen molar-refractivity contribution in [3.05, 3.63) is 108 Å². The van der Waals surface area contributed by atoms with Crippen molar-refractivity contribution < 1.29 is 9.59 Å². The van der Waals surface area contributed by atoms with Gasteiger partial charge in [-0.1, -0.05) is 50.2 Å². The van der Waals surface area contributed by atoms with E-state index in [1.54, 1.807) is 6.20 Å². The zero-order chi connectivity index (χ0) is 29.1. The van der Waals surface area contributed by atoms with E-state index in [1.807, 2.05) is 77.5 Å². The lowest BCUT2D eigenvalue weighted by Gasteiger charge is -2.26. The van der Waals surface area contributed by atoms with Crippen LogP contribution in [-0.2, 0) is 11.3 Å². The molecule has 1 aliphatic heterocycles. The Kier molecular flexibility index (Phi) is 7.66. The number of amides is 2. The standard InChI is InChI=1S/C33H33N7O2/c1-22(2)24-8-10-25(11-9-24)33(42)37-28-5-3-4-26(18-28)29-20-40-17-15-35-32(40)31(38-29)36-27-12-6-23(7-13-27)19-39-16-14-34-30(41)21-39/h3-13,15,17-18,20,22H,14,16,19,21H2,1-2H3,(H,34,41)(H,36,38)(H,37,42). The molecule has 212 valence electrons. The van der Waals surface area contributed by atoms with Gasteiger partial charge in [0.15, 0.2) is 11.5 Å². The van der Waals surface area contributed by atoms with Crippen LogP contribution < -0.4 is 16.0 Å². The van der Waals surface area contributed by atoms with Crippen molar-refractivity contribution in [1.29, 1.82) is 0 Å². The van der Waals surface area contributed by atoms with Crippen LogP contribution in [0.1, 0.15) is 41.3 Å². The number of hydrogen-bond acceptors (Lipinski definition) is 6. The van der Waals surface area contributed by atoms with Crippen molar-refractivity contribution in [3.8, 4) is 11.3 Å². The molecule has 0 spiro atoms. The number of nitrogens with zero attached hydrogens (tertiary/aromatic N) is 4. The van der Waals surface area contributed by atoms with Gasteiger partial charge < -0.3 is 20.4 Å². The Morgan fingerprint density at radius 2 is 1.83 bits per heavy atom. The van der Waals surface area contributed by atoms with Gasteiger partial charge in [-0.25, -0.2) is 9.97 Å². The zero-order valence-corrected chi connectivity index (χ0v) is 23.7. The number of anilines is 3. The predicted octanol–water partition coefficient (Wildman–Crippen LogP) is 5.45. The summed E-state index contributed by atoms with van der Waals surface area (Å²) in [5, 5.41) is 9.29. The highest BCUT2D eigenvalue weighted by Crippen LogP contribution is 2.27. The van der Waals surface area contributed by atoms with Crippen molar-refractivity contribution in [2.24, 2.45) is 0 Å². The maximum absolute atomic E-state index is 12.9. The van der Waals surface area contributed by atoms with Crippen molar-refractivity contribution >= 4 is 34.7 Å². The van der Waals surface area contributed by atoms with Gasteiger partial charge in [-0.2, -0.15) is 0 Å². The fourth-order valence-electron chi connectivity index (χ4n) is 5.05. The fourth-order valence-corrected chi connectivity index (χ4v) is 5.05. The van der Waals surface area contributed by atoms with Gasteiger partial charge in [0.1, 0.15) is 0 Å². The molecule has 0 radical (unpaired) electrons. The van der Waals surface area contributed by atoms with Crippen molar-refractivity contribution in [1.82, 2.24) is 24.6 Å². The summed E-state index contributed by atoms with van der Waals surface area (Å²) in [5.41, 5.74) is 6.82. The molecule has 3 N–H and O–H groups in total. The number of fused-ring (bicyclic) bond motifs is 1. The third-order valence-corrected chi connectivity index (χ3v) is 7.37. The summed E-state index contributed by atoms with van der Waals surface area (Å²) in [6, 6.07) is 23.5. The Morgan fingerprint density at radius 1 is 1.02 bits per heavy atom. The molecule has 0 unspecified atom stereocenters. The predicted molar refractivity (Wildman–Crippen MR) is 165 cm³/mol. The summed E-state index contributed by atoms with van der Waals surface area (Å²) in [6.45, 7) is 6.94. The van der Waals surface area contributed by atoms with Gasteiger partial charge in [-0.3, -0.25) is 14.5 Å². The minimum absolute atomic E-state index is 0.0681. The number of hydrogen-bond donors (Lipinski definition) is 3. The molecule has 0 bridgehead atoms. The second-order valence-corrected chi connectivity index (χ2v) is 10.8. The van der Waals surface area contributed by atoms with Gasteiger partial charge in [0, 0.05) is 60.7 Å². The lowest BCUT2D eigenvalue weighted by molar-refractivity contribution is -0.124. The first-order valence-corrected chi connectivity index (χ1v) is 14.1. The van der Waals surface area contributed by atoms with Crippen LogP contribution in [0.4, 0.5) is 17.2 Å². The van der Waals surface area contributed by atoms with Crippen LogP contribution in [0.25, 0.3) is 16.9 Å². The van der Waals surface area contributed by atoms with Crippen LogP contribution in [0.5, 0.6) is 0 Å². The highest BCUT2D eigenvalue weighted by Gasteiger charge is 2.16. The Morgan fingerprint density at radius 3 is 2.60 bits per heavy atom. The lowest BCUT2D eigenvalue weighted by atomic mass is 10.0. The second kappa shape index (κ2) is 11.8. The number of carbonyl (C=O) groups is 2. The summed E-state index contributed by atoms with van der Waals surface area (Å²) < 4.78 is 1.93. The minimum atomic E-state index is -0.158. The fraction of sp³-hybridized carbons (Fsp3) is 0.212. The van der Waals surface area contributed by atoms with E-state index in [0.717, 1.165) is 35.6 Å². The van der Waals surface area contributed by atoms with Crippen molar-refractivity contribution in [2.75, 3.05) is 30.3 Å². The number of rotatable bonds is 8. The molecule has 1 aliphatic rings. The molecule has 2 aromatic heterocycles. The average Bonchev–Trinajstić information content (AvgIpc) is 3.48. The molecular formula is C33H33N7O2. The van der Waals surface area contributed by atoms with Gasteiger partial charge >= 0.3 is 0 Å². The minimum Gasteiger partial charge on any atom is -0.354 e. The highest BCUT2D eigenvalue weighted by atomic mass is 16.2. The summed E-state index contributed by atoms with van der Waals surface area (Å²) in [6.07, 6.45) is 5.55. The van der Waals surface area contributed by atoms with E-state index in [1.165, 1.54) is 5.56 Å². The topological polar surface area (TPSA) is 104 Å². The van der Waals surface area contributed by atoms with E-state index >= 15 is 0 Å². The van der Waals surface area contributed by atoms with Crippen LogP contribution in [-0.4, -0.2) is 50.7 Å². The number of carbonyl (C=O) groups excluding carboxylic acids is 2. The molecule has 0 aliphatic carbocycles. The molecule has 1 saturated heterocycles. The lowest BCUT2D eigenvalue weighted by Crippen LogP contribution is -2.47. The molecular weight excluding hydrogens is 526 g/mol. The van der Waals surface area contributed by atoms with Crippen molar-refractivity contribution in [3.63, 3.8) is 0 Å². The summed E-state index contributed by atoms with van der Waals surface area (Å²) in [5.74, 6) is 0.944. The Hall–Kier alpha value is -5.02. The Balaban J connectivity index is 1.20. The van der Waals surface area contributed by atoms with E-state index in [0.29, 0.717) is 41.7 Å². The molecule has 0 saturated carbocycles. The van der Waals surface area contributed by atoms with Gasteiger partial charge in [-0.15, -0.1) is 0 Å². The summed E-state index contributed by atoms with van der Waals surface area (Å²) in [4.78, 5) is 36.2. The maximum Gasteiger partial charge on any atom is 0.255 e. The first-order valence-electron chi connectivity index (χ1n) is 14.1. The Labute approximate surface area is 244 Å². The molecule has 2 amide bonds. The van der Waals surface area contributed by atoms with Crippen LogP contribution in [0.2, 0.25) is 0 Å². The molecule has 9 nitrogen and oxygen atoms in total. The van der Waals surface area contributed by atoms with Crippen LogP contribution in [0.15, 0.2) is 91.4 Å². The molecule has 3 heterocycles. The first-order chi connectivity index (χ1) is 20.4. The highest BCUT2D eigenvalue weighted by molar-refractivity contribution is 6.04. The smallest absolute Gasteiger partial charge is 0.255 e. The van der Waals surface area contributed by atoms with Crippen molar-refractivity contribution in [2.45, 2.75) is 26.3 Å². The first kappa shape index (κ1) is 27.2. The molecule has 1 fully saturated rings. The SMILES string of the molecule is CC(C)c1ccc(C(=O)Nc2cccc(-c3cn4ccnc4c(Nc4ccc(CN5CCNC(=O)C5)cc4)n3)c2)cc1. The quantitative estimate of drug-likeness (QED) is 0.234. The van der Waals surface area contributed by atoms with Crippen LogP contribution >= 0.6 is 0 Å². The number of aromatic nitrogens is 3. The molecule has 0 atom stereocenters. The van der Waals surface area contributed by atoms with E-state index < -0.39 is 0 Å². The van der Waals surface area contributed by atoms with E-state index in [4.69, 9.17) is 4.98 Å². The third kappa shape index (κ3) is 6.16. The average molecular weight is 560 g/mol. The van der Waals surface area contributed by atoms with Crippen LogP contribution in [0.3, 0.4) is 0 Å². The van der Waals surface area contributed by atoms with E-state index in [2.05, 4.69) is 51.8 Å². The second-order valence-electron chi connectivity index (χ2n) is 10.8. The molecule has 6 rings (SSSR count).